The number of alkyl halides is 3. The quantitative estimate of drug-likeness (QED) is 0.397. The first-order valence-corrected chi connectivity index (χ1v) is 6.12. The van der Waals surface area contributed by atoms with Gasteiger partial charge in [-0.1, -0.05) is 42.0 Å². The van der Waals surface area contributed by atoms with Crippen molar-refractivity contribution in [3.8, 4) is 5.75 Å². The minimum atomic E-state index is -3.27. The summed E-state index contributed by atoms with van der Waals surface area (Å²) in [5.41, 5.74) is 1.68. The van der Waals surface area contributed by atoms with Crippen molar-refractivity contribution in [3.63, 3.8) is 0 Å². The van der Waals surface area contributed by atoms with Crippen LogP contribution in [0.4, 0.5) is 8.78 Å². The van der Waals surface area contributed by atoms with Crippen LogP contribution in [0.3, 0.4) is 0 Å². The Morgan fingerprint density at radius 3 is 2.65 bits per heavy atom. The summed E-state index contributed by atoms with van der Waals surface area (Å²) in [5.74, 6) is -0.0430. The first-order chi connectivity index (χ1) is 7.78. The van der Waals surface area contributed by atoms with Crippen LogP contribution in [0.1, 0.15) is 12.5 Å². The molecular formula is C12H10ClF2IO. The normalized spacial score (nSPS) is 11.8. The second-order valence-corrected chi connectivity index (χ2v) is 5.08. The Hall–Kier alpha value is -0.620. The molecule has 0 heterocycles. The summed E-state index contributed by atoms with van der Waals surface area (Å²) in [6.07, 6.45) is 3.60. The lowest BCUT2D eigenvalue weighted by Crippen LogP contribution is -2.14. The van der Waals surface area contributed by atoms with E-state index in [0.717, 1.165) is 33.7 Å². The molecule has 0 aliphatic heterocycles. The number of hydrogen-bond donors (Lipinski definition) is 0. The van der Waals surface area contributed by atoms with Gasteiger partial charge in [-0.05, 0) is 24.6 Å². The highest BCUT2D eigenvalue weighted by Gasteiger charge is 2.27. The molecule has 5 heteroatoms. The standard InChI is InChI=1S/C12H10ClF2IO/c1-8(2)3-4-9-5-6-11(10(13)7-9)17-12(14,15)16/h3-7H,1H2,2H3/b4-3+. The van der Waals surface area contributed by atoms with E-state index < -0.39 is 4.12 Å². The van der Waals surface area contributed by atoms with Crippen LogP contribution in [0.15, 0.2) is 36.4 Å². The third-order valence-corrected chi connectivity index (χ3v) is 2.26. The van der Waals surface area contributed by atoms with Crippen molar-refractivity contribution in [2.45, 2.75) is 11.0 Å². The molecule has 17 heavy (non-hydrogen) atoms. The van der Waals surface area contributed by atoms with Crippen LogP contribution in [0.5, 0.6) is 5.75 Å². The Balaban J connectivity index is 2.90. The van der Waals surface area contributed by atoms with E-state index in [1.54, 1.807) is 24.3 Å². The van der Waals surface area contributed by atoms with Crippen molar-refractivity contribution < 1.29 is 13.5 Å². The van der Waals surface area contributed by atoms with E-state index in [0.29, 0.717) is 0 Å². The van der Waals surface area contributed by atoms with E-state index in [9.17, 15) is 8.78 Å². The molecule has 0 bridgehead atoms. The fourth-order valence-corrected chi connectivity index (χ4v) is 1.53. The van der Waals surface area contributed by atoms with Crippen LogP contribution < -0.4 is 4.74 Å². The maximum Gasteiger partial charge on any atom is 0.451 e. The smallest absolute Gasteiger partial charge is 0.423 e. The average Bonchev–Trinajstić information content (AvgIpc) is 2.17. The number of allylic oxidation sites excluding steroid dienone is 2. The zero-order valence-corrected chi connectivity index (χ0v) is 11.9. The highest BCUT2D eigenvalue weighted by atomic mass is 127. The SMILES string of the molecule is C=C(C)/C=C/c1ccc(OC(F)(F)I)c(Cl)c1. The summed E-state index contributed by atoms with van der Waals surface area (Å²) in [4.78, 5) is 0. The van der Waals surface area contributed by atoms with Crippen molar-refractivity contribution in [2.24, 2.45) is 0 Å². The van der Waals surface area contributed by atoms with E-state index in [1.807, 2.05) is 6.92 Å². The minimum absolute atomic E-state index is 0.0430. The number of benzene rings is 1. The van der Waals surface area contributed by atoms with E-state index in [1.165, 1.54) is 6.07 Å². The number of ether oxygens (including phenoxy) is 1. The summed E-state index contributed by atoms with van der Waals surface area (Å²) in [6, 6.07) is 4.61. The molecular weight excluding hydrogens is 360 g/mol. The first kappa shape index (κ1) is 14.4. The maximum absolute atomic E-state index is 12.6. The maximum atomic E-state index is 12.6. The topological polar surface area (TPSA) is 9.23 Å². The summed E-state index contributed by atoms with van der Waals surface area (Å²) in [7, 11) is 0. The van der Waals surface area contributed by atoms with Crippen LogP contribution in [0.25, 0.3) is 6.08 Å². The van der Waals surface area contributed by atoms with Gasteiger partial charge in [0.1, 0.15) is 5.75 Å². The molecule has 1 aromatic rings. The third-order valence-electron chi connectivity index (χ3n) is 1.74. The molecule has 0 aliphatic carbocycles. The monoisotopic (exact) mass is 370 g/mol. The third kappa shape index (κ3) is 5.50. The van der Waals surface area contributed by atoms with E-state index in [4.69, 9.17) is 11.6 Å². The van der Waals surface area contributed by atoms with Gasteiger partial charge in [0.2, 0.25) is 0 Å². The van der Waals surface area contributed by atoms with Gasteiger partial charge < -0.3 is 4.74 Å². The minimum Gasteiger partial charge on any atom is -0.423 e. The lowest BCUT2D eigenvalue weighted by molar-refractivity contribution is -0.0691. The zero-order chi connectivity index (χ0) is 13.1. The highest BCUT2D eigenvalue weighted by Crippen LogP contribution is 2.33. The molecule has 1 aromatic carbocycles. The Morgan fingerprint density at radius 1 is 1.53 bits per heavy atom. The second-order valence-electron chi connectivity index (χ2n) is 3.42. The highest BCUT2D eigenvalue weighted by molar-refractivity contribution is 14.1. The van der Waals surface area contributed by atoms with E-state index in [2.05, 4.69) is 11.3 Å². The molecule has 92 valence electrons. The van der Waals surface area contributed by atoms with Gasteiger partial charge >= 0.3 is 4.12 Å². The Kier molecular flexibility index (Phi) is 4.94. The molecule has 0 fully saturated rings. The fraction of sp³-hybridized carbons (Fsp3) is 0.167. The predicted octanol–water partition coefficient (Wildman–Crippen LogP) is 5.29. The van der Waals surface area contributed by atoms with Gasteiger partial charge in [0.25, 0.3) is 0 Å². The van der Waals surface area contributed by atoms with Crippen molar-refractivity contribution in [3.05, 3.63) is 47.0 Å². The van der Waals surface area contributed by atoms with Crippen molar-refractivity contribution in [1.29, 1.82) is 0 Å². The second kappa shape index (κ2) is 5.82. The van der Waals surface area contributed by atoms with Gasteiger partial charge in [-0.2, -0.15) is 8.78 Å². The van der Waals surface area contributed by atoms with E-state index >= 15 is 0 Å². The van der Waals surface area contributed by atoms with E-state index in [-0.39, 0.29) is 10.8 Å². The number of halogens is 4. The zero-order valence-electron chi connectivity index (χ0n) is 9.01. The van der Waals surface area contributed by atoms with Gasteiger partial charge in [-0.3, -0.25) is 0 Å². The van der Waals surface area contributed by atoms with Gasteiger partial charge in [-0.15, -0.1) is 0 Å². The van der Waals surface area contributed by atoms with Gasteiger partial charge in [0.05, 0.1) is 27.6 Å². The predicted molar refractivity (Wildman–Crippen MR) is 74.9 cm³/mol. The Labute approximate surface area is 117 Å². The van der Waals surface area contributed by atoms with Gasteiger partial charge in [-0.25, -0.2) is 0 Å². The summed E-state index contributed by atoms with van der Waals surface area (Å²) in [5, 5.41) is 0.144. The first-order valence-electron chi connectivity index (χ1n) is 4.67. The molecule has 0 spiro atoms. The Bertz CT molecular complexity index is 452. The fourth-order valence-electron chi connectivity index (χ4n) is 1.07. The number of hydrogen-bond acceptors (Lipinski definition) is 1. The van der Waals surface area contributed by atoms with Crippen LogP contribution in [0, 0.1) is 0 Å². The Morgan fingerprint density at radius 2 is 2.18 bits per heavy atom. The summed E-state index contributed by atoms with van der Waals surface area (Å²) >= 11 is 6.72. The van der Waals surface area contributed by atoms with Crippen LogP contribution in [-0.4, -0.2) is 4.12 Å². The van der Waals surface area contributed by atoms with Crippen LogP contribution in [-0.2, 0) is 0 Å². The molecule has 0 saturated heterocycles. The molecule has 1 nitrogen and oxygen atoms in total. The van der Waals surface area contributed by atoms with Crippen molar-refractivity contribution in [2.75, 3.05) is 0 Å². The lowest BCUT2D eigenvalue weighted by atomic mass is 10.2. The summed E-state index contributed by atoms with van der Waals surface area (Å²) in [6.45, 7) is 5.57. The van der Waals surface area contributed by atoms with Crippen LogP contribution >= 0.6 is 34.2 Å². The molecule has 0 amide bonds. The van der Waals surface area contributed by atoms with Crippen molar-refractivity contribution in [1.82, 2.24) is 0 Å². The molecule has 0 radical (unpaired) electrons. The van der Waals surface area contributed by atoms with Crippen molar-refractivity contribution >= 4 is 40.3 Å². The lowest BCUT2D eigenvalue weighted by Gasteiger charge is -2.12. The number of rotatable bonds is 4. The van der Waals surface area contributed by atoms with Crippen LogP contribution in [0.2, 0.25) is 5.02 Å². The molecule has 0 aliphatic rings. The van der Waals surface area contributed by atoms with Gasteiger partial charge in [0, 0.05) is 0 Å². The molecule has 1 rings (SSSR count). The molecule has 0 saturated carbocycles. The van der Waals surface area contributed by atoms with Gasteiger partial charge in [0.15, 0.2) is 0 Å². The molecule has 0 unspecified atom stereocenters. The summed E-state index contributed by atoms with van der Waals surface area (Å²) < 4.78 is 26.4. The average molecular weight is 371 g/mol. The molecule has 0 aromatic heterocycles. The molecule has 0 N–H and O–H groups in total. The largest absolute Gasteiger partial charge is 0.451 e. The molecule has 0 atom stereocenters.